The highest BCUT2D eigenvalue weighted by atomic mass is 16.5. The summed E-state index contributed by atoms with van der Waals surface area (Å²) in [6, 6.07) is 5.71. The molecule has 0 aliphatic rings. The number of ether oxygens (including phenoxy) is 1. The number of carbonyl (C=O) groups excluding carboxylic acids is 1. The number of methoxy groups -OCH3 is 1. The monoisotopic (exact) mass is 273 g/mol. The number of hydrogen-bond acceptors (Lipinski definition) is 4. The SMILES string of the molecule is COC(=O)C(C)Cc1c(C)nn(-c2ccccn2)c1C. The Balaban J connectivity index is 2.33. The van der Waals surface area contributed by atoms with Crippen molar-refractivity contribution in [2.75, 3.05) is 7.11 Å². The highest BCUT2D eigenvalue weighted by Crippen LogP contribution is 2.20. The maximum Gasteiger partial charge on any atom is 0.308 e. The maximum atomic E-state index is 11.6. The van der Waals surface area contributed by atoms with Gasteiger partial charge in [0.1, 0.15) is 0 Å². The van der Waals surface area contributed by atoms with E-state index in [1.807, 2.05) is 43.7 Å². The van der Waals surface area contributed by atoms with E-state index in [0.717, 1.165) is 22.8 Å². The number of aromatic nitrogens is 3. The van der Waals surface area contributed by atoms with E-state index in [1.54, 1.807) is 6.20 Å². The van der Waals surface area contributed by atoms with Crippen LogP contribution in [0.15, 0.2) is 24.4 Å². The molecular weight excluding hydrogens is 254 g/mol. The highest BCUT2D eigenvalue weighted by Gasteiger charge is 2.20. The Hall–Kier alpha value is -2.17. The predicted molar refractivity (Wildman–Crippen MR) is 75.7 cm³/mol. The van der Waals surface area contributed by atoms with E-state index in [1.165, 1.54) is 7.11 Å². The summed E-state index contributed by atoms with van der Waals surface area (Å²) < 4.78 is 6.59. The third-order valence-electron chi connectivity index (χ3n) is 3.42. The van der Waals surface area contributed by atoms with Gasteiger partial charge in [-0.2, -0.15) is 5.10 Å². The molecule has 0 bridgehead atoms. The number of rotatable bonds is 4. The van der Waals surface area contributed by atoms with E-state index < -0.39 is 0 Å². The third kappa shape index (κ3) is 2.71. The van der Waals surface area contributed by atoms with Crippen molar-refractivity contribution in [2.45, 2.75) is 27.2 Å². The molecule has 5 heteroatoms. The molecule has 0 amide bonds. The zero-order valence-corrected chi connectivity index (χ0v) is 12.3. The second-order valence-corrected chi connectivity index (χ2v) is 4.88. The Labute approximate surface area is 118 Å². The molecule has 0 aromatic carbocycles. The van der Waals surface area contributed by atoms with Gasteiger partial charge in [0.2, 0.25) is 0 Å². The molecular formula is C15H19N3O2. The van der Waals surface area contributed by atoms with Crippen LogP contribution in [0.3, 0.4) is 0 Å². The molecule has 0 N–H and O–H groups in total. The zero-order valence-electron chi connectivity index (χ0n) is 12.3. The maximum absolute atomic E-state index is 11.6. The smallest absolute Gasteiger partial charge is 0.308 e. The van der Waals surface area contributed by atoms with Gasteiger partial charge < -0.3 is 4.74 Å². The van der Waals surface area contributed by atoms with Gasteiger partial charge in [0, 0.05) is 11.9 Å². The van der Waals surface area contributed by atoms with E-state index in [4.69, 9.17) is 4.74 Å². The predicted octanol–water partition coefficient (Wildman–Crippen LogP) is 2.24. The van der Waals surface area contributed by atoms with Gasteiger partial charge in [-0.25, -0.2) is 9.67 Å². The molecule has 0 aliphatic heterocycles. The third-order valence-corrected chi connectivity index (χ3v) is 3.42. The van der Waals surface area contributed by atoms with Gasteiger partial charge in [-0.15, -0.1) is 0 Å². The van der Waals surface area contributed by atoms with Crippen LogP contribution in [0.5, 0.6) is 0 Å². The second kappa shape index (κ2) is 5.86. The lowest BCUT2D eigenvalue weighted by Gasteiger charge is -2.09. The first kappa shape index (κ1) is 14.2. The average Bonchev–Trinajstić information content (AvgIpc) is 2.75. The second-order valence-electron chi connectivity index (χ2n) is 4.88. The van der Waals surface area contributed by atoms with E-state index >= 15 is 0 Å². The molecule has 0 spiro atoms. The van der Waals surface area contributed by atoms with Crippen LogP contribution < -0.4 is 0 Å². The number of pyridine rings is 1. The van der Waals surface area contributed by atoms with Gasteiger partial charge in [0.05, 0.1) is 18.7 Å². The van der Waals surface area contributed by atoms with Crippen molar-refractivity contribution in [1.29, 1.82) is 0 Å². The fourth-order valence-corrected chi connectivity index (χ4v) is 2.26. The summed E-state index contributed by atoms with van der Waals surface area (Å²) in [6.07, 6.45) is 2.36. The van der Waals surface area contributed by atoms with Crippen LogP contribution in [0.1, 0.15) is 23.9 Å². The summed E-state index contributed by atoms with van der Waals surface area (Å²) in [5, 5.41) is 4.52. The molecule has 2 heterocycles. The summed E-state index contributed by atoms with van der Waals surface area (Å²) >= 11 is 0. The standard InChI is InChI=1S/C15H19N3O2/c1-10(15(19)20-4)9-13-11(2)17-18(12(13)3)14-7-5-6-8-16-14/h5-8,10H,9H2,1-4H3. The summed E-state index contributed by atoms with van der Waals surface area (Å²) in [5.74, 6) is 0.401. The number of hydrogen-bond donors (Lipinski definition) is 0. The van der Waals surface area contributed by atoms with Gasteiger partial charge in [-0.05, 0) is 38.0 Å². The molecule has 2 rings (SSSR count). The minimum absolute atomic E-state index is 0.182. The van der Waals surface area contributed by atoms with E-state index in [-0.39, 0.29) is 11.9 Å². The molecule has 0 radical (unpaired) electrons. The van der Waals surface area contributed by atoms with Gasteiger partial charge in [0.25, 0.3) is 0 Å². The topological polar surface area (TPSA) is 57.0 Å². The quantitative estimate of drug-likeness (QED) is 0.802. The van der Waals surface area contributed by atoms with Crippen LogP contribution in [-0.4, -0.2) is 27.8 Å². The number of nitrogens with zero attached hydrogens (tertiary/aromatic N) is 3. The minimum atomic E-state index is -0.200. The van der Waals surface area contributed by atoms with Gasteiger partial charge in [-0.1, -0.05) is 13.0 Å². The van der Waals surface area contributed by atoms with Crippen molar-refractivity contribution in [3.8, 4) is 5.82 Å². The first-order valence-corrected chi connectivity index (χ1v) is 6.59. The fraction of sp³-hybridized carbons (Fsp3) is 0.400. The lowest BCUT2D eigenvalue weighted by molar-refractivity contribution is -0.144. The number of aryl methyl sites for hydroxylation is 1. The molecule has 2 aromatic rings. The molecule has 1 atom stereocenters. The van der Waals surface area contributed by atoms with Crippen LogP contribution >= 0.6 is 0 Å². The summed E-state index contributed by atoms with van der Waals surface area (Å²) in [5.41, 5.74) is 3.01. The molecule has 0 saturated carbocycles. The van der Waals surface area contributed by atoms with Crippen molar-refractivity contribution in [2.24, 2.45) is 5.92 Å². The lowest BCUT2D eigenvalue weighted by Crippen LogP contribution is -2.15. The largest absolute Gasteiger partial charge is 0.469 e. The Morgan fingerprint density at radius 2 is 2.15 bits per heavy atom. The van der Waals surface area contributed by atoms with Crippen molar-refractivity contribution in [3.05, 3.63) is 41.3 Å². The van der Waals surface area contributed by atoms with Crippen LogP contribution in [-0.2, 0) is 16.0 Å². The van der Waals surface area contributed by atoms with Crippen molar-refractivity contribution in [1.82, 2.24) is 14.8 Å². The van der Waals surface area contributed by atoms with E-state index in [0.29, 0.717) is 6.42 Å². The molecule has 5 nitrogen and oxygen atoms in total. The highest BCUT2D eigenvalue weighted by molar-refractivity contribution is 5.72. The zero-order chi connectivity index (χ0) is 14.7. The summed E-state index contributed by atoms with van der Waals surface area (Å²) in [4.78, 5) is 15.9. The van der Waals surface area contributed by atoms with Crippen LogP contribution in [0.2, 0.25) is 0 Å². The summed E-state index contributed by atoms with van der Waals surface area (Å²) in [6.45, 7) is 5.81. The first-order chi connectivity index (χ1) is 9.54. The molecule has 0 saturated heterocycles. The average molecular weight is 273 g/mol. The van der Waals surface area contributed by atoms with Crippen LogP contribution in [0, 0.1) is 19.8 Å². The lowest BCUT2D eigenvalue weighted by atomic mass is 10.00. The molecule has 0 aliphatic carbocycles. The number of carbonyl (C=O) groups is 1. The van der Waals surface area contributed by atoms with Gasteiger partial charge in [-0.3, -0.25) is 4.79 Å². The number of esters is 1. The minimum Gasteiger partial charge on any atom is -0.469 e. The fourth-order valence-electron chi connectivity index (χ4n) is 2.26. The van der Waals surface area contributed by atoms with Crippen LogP contribution in [0.25, 0.3) is 5.82 Å². The molecule has 20 heavy (non-hydrogen) atoms. The van der Waals surface area contributed by atoms with Gasteiger partial charge in [0.15, 0.2) is 5.82 Å². The molecule has 1 unspecified atom stereocenters. The van der Waals surface area contributed by atoms with Crippen molar-refractivity contribution < 1.29 is 9.53 Å². The van der Waals surface area contributed by atoms with Crippen molar-refractivity contribution >= 4 is 5.97 Å². The Morgan fingerprint density at radius 3 is 2.75 bits per heavy atom. The first-order valence-electron chi connectivity index (χ1n) is 6.59. The molecule has 0 fully saturated rings. The Kier molecular flexibility index (Phi) is 4.17. The Bertz CT molecular complexity index is 605. The molecule has 2 aromatic heterocycles. The normalized spacial score (nSPS) is 12.2. The van der Waals surface area contributed by atoms with Gasteiger partial charge >= 0.3 is 5.97 Å². The van der Waals surface area contributed by atoms with E-state index in [2.05, 4.69) is 10.1 Å². The van der Waals surface area contributed by atoms with Crippen LogP contribution in [0.4, 0.5) is 0 Å². The van der Waals surface area contributed by atoms with E-state index in [9.17, 15) is 4.79 Å². The Morgan fingerprint density at radius 1 is 1.40 bits per heavy atom. The molecule has 106 valence electrons. The van der Waals surface area contributed by atoms with Crippen molar-refractivity contribution in [3.63, 3.8) is 0 Å². The summed E-state index contributed by atoms with van der Waals surface area (Å²) in [7, 11) is 1.41.